The average Bonchev–Trinajstić information content (AvgIpc) is 2.35. The minimum atomic E-state index is 0.245. The number of nitrogens with zero attached hydrogens (tertiary/aromatic N) is 3. The number of fused-ring (bicyclic) bond motifs is 1. The number of rotatable bonds is 4. The summed E-state index contributed by atoms with van der Waals surface area (Å²) in [6.07, 6.45) is 7.43. The average molecular weight is 234 g/mol. The van der Waals surface area contributed by atoms with E-state index in [4.69, 9.17) is 5.73 Å². The summed E-state index contributed by atoms with van der Waals surface area (Å²) in [7, 11) is 2.10. The summed E-state index contributed by atoms with van der Waals surface area (Å²) in [4.78, 5) is 11.1. The van der Waals surface area contributed by atoms with Gasteiger partial charge in [-0.05, 0) is 39.0 Å². The van der Waals surface area contributed by atoms with Gasteiger partial charge in [0.15, 0.2) is 0 Å². The van der Waals surface area contributed by atoms with Crippen LogP contribution in [0.5, 0.6) is 0 Å². The second kappa shape index (κ2) is 5.45. The summed E-state index contributed by atoms with van der Waals surface area (Å²) in [6, 6.07) is 0.245. The summed E-state index contributed by atoms with van der Waals surface area (Å²) >= 11 is 0. The smallest absolute Gasteiger partial charge is 0.135 e. The highest BCUT2D eigenvalue weighted by Gasteiger charge is 2.17. The molecular formula is C13H22N4. The molecule has 1 heterocycles. The minimum Gasteiger partial charge on any atom is -0.359 e. The molecule has 17 heavy (non-hydrogen) atoms. The van der Waals surface area contributed by atoms with Gasteiger partial charge < -0.3 is 10.6 Å². The second-order valence-electron chi connectivity index (χ2n) is 5.02. The quantitative estimate of drug-likeness (QED) is 0.858. The number of aromatic nitrogens is 2. The highest BCUT2D eigenvalue weighted by atomic mass is 15.2. The van der Waals surface area contributed by atoms with E-state index in [1.54, 1.807) is 6.33 Å². The molecular weight excluding hydrogens is 212 g/mol. The third kappa shape index (κ3) is 2.94. The van der Waals surface area contributed by atoms with Crippen LogP contribution < -0.4 is 10.6 Å². The van der Waals surface area contributed by atoms with Gasteiger partial charge in [-0.3, -0.25) is 0 Å². The molecule has 1 aliphatic rings. The van der Waals surface area contributed by atoms with Gasteiger partial charge in [-0.15, -0.1) is 0 Å². The largest absolute Gasteiger partial charge is 0.359 e. The molecule has 0 saturated heterocycles. The molecule has 1 aromatic heterocycles. The Morgan fingerprint density at radius 2 is 2.12 bits per heavy atom. The molecule has 0 fully saturated rings. The molecule has 1 aliphatic carbocycles. The molecule has 1 unspecified atom stereocenters. The number of aryl methyl sites for hydroxylation is 1. The van der Waals surface area contributed by atoms with Gasteiger partial charge in [-0.2, -0.15) is 0 Å². The first-order valence-corrected chi connectivity index (χ1v) is 6.48. The Balaban J connectivity index is 2.14. The van der Waals surface area contributed by atoms with Crippen LogP contribution in [-0.4, -0.2) is 29.6 Å². The Hall–Kier alpha value is -1.16. The first kappa shape index (κ1) is 12.3. The SMILES string of the molecule is CC(N)CCN(C)c1ncnc2c1CCCC2. The maximum atomic E-state index is 5.80. The van der Waals surface area contributed by atoms with Gasteiger partial charge in [-0.25, -0.2) is 9.97 Å². The van der Waals surface area contributed by atoms with E-state index < -0.39 is 0 Å². The molecule has 0 amide bonds. The molecule has 0 aromatic carbocycles. The molecule has 4 nitrogen and oxygen atoms in total. The van der Waals surface area contributed by atoms with E-state index in [0.717, 1.165) is 31.6 Å². The van der Waals surface area contributed by atoms with Crippen LogP contribution >= 0.6 is 0 Å². The maximum absolute atomic E-state index is 5.80. The van der Waals surface area contributed by atoms with Crippen LogP contribution in [0.1, 0.15) is 37.4 Å². The summed E-state index contributed by atoms with van der Waals surface area (Å²) in [6.45, 7) is 3.00. The molecule has 2 rings (SSSR count). The fourth-order valence-electron chi connectivity index (χ4n) is 2.34. The van der Waals surface area contributed by atoms with E-state index in [0.29, 0.717) is 0 Å². The zero-order valence-corrected chi connectivity index (χ0v) is 10.8. The van der Waals surface area contributed by atoms with Gasteiger partial charge in [0.1, 0.15) is 12.1 Å². The summed E-state index contributed by atoms with van der Waals surface area (Å²) < 4.78 is 0. The maximum Gasteiger partial charge on any atom is 0.135 e. The minimum absolute atomic E-state index is 0.245. The van der Waals surface area contributed by atoms with Crippen molar-refractivity contribution < 1.29 is 0 Å². The molecule has 0 aliphatic heterocycles. The number of anilines is 1. The summed E-state index contributed by atoms with van der Waals surface area (Å²) in [5, 5.41) is 0. The molecule has 4 heteroatoms. The van der Waals surface area contributed by atoms with Gasteiger partial charge in [0.2, 0.25) is 0 Å². The van der Waals surface area contributed by atoms with Crippen LogP contribution in [-0.2, 0) is 12.8 Å². The van der Waals surface area contributed by atoms with Crippen LogP contribution in [0.2, 0.25) is 0 Å². The first-order valence-electron chi connectivity index (χ1n) is 6.48. The highest BCUT2D eigenvalue weighted by Crippen LogP contribution is 2.26. The predicted octanol–water partition coefficient (Wildman–Crippen LogP) is 1.53. The zero-order chi connectivity index (χ0) is 12.3. The molecule has 1 aromatic rings. The number of hydrogen-bond donors (Lipinski definition) is 1. The predicted molar refractivity (Wildman–Crippen MR) is 70.2 cm³/mol. The summed E-state index contributed by atoms with van der Waals surface area (Å²) in [5.41, 5.74) is 8.39. The molecule has 94 valence electrons. The van der Waals surface area contributed by atoms with E-state index in [9.17, 15) is 0 Å². The Labute approximate surface area is 103 Å². The van der Waals surface area contributed by atoms with E-state index in [1.807, 2.05) is 6.92 Å². The van der Waals surface area contributed by atoms with Crippen LogP contribution in [0.25, 0.3) is 0 Å². The van der Waals surface area contributed by atoms with Crippen molar-refractivity contribution in [2.24, 2.45) is 5.73 Å². The highest BCUT2D eigenvalue weighted by molar-refractivity contribution is 5.48. The van der Waals surface area contributed by atoms with E-state index in [2.05, 4.69) is 21.9 Å². The van der Waals surface area contributed by atoms with E-state index in [-0.39, 0.29) is 6.04 Å². The van der Waals surface area contributed by atoms with Crippen molar-refractivity contribution in [3.05, 3.63) is 17.6 Å². The Bertz CT molecular complexity index is 376. The first-order chi connectivity index (χ1) is 8.18. The van der Waals surface area contributed by atoms with Gasteiger partial charge in [0.05, 0.1) is 0 Å². The van der Waals surface area contributed by atoms with Crippen molar-refractivity contribution in [3.8, 4) is 0 Å². The van der Waals surface area contributed by atoms with Gasteiger partial charge in [0.25, 0.3) is 0 Å². The van der Waals surface area contributed by atoms with Crippen molar-refractivity contribution >= 4 is 5.82 Å². The van der Waals surface area contributed by atoms with Gasteiger partial charge in [-0.1, -0.05) is 0 Å². The molecule has 0 saturated carbocycles. The van der Waals surface area contributed by atoms with Gasteiger partial charge in [0, 0.05) is 30.9 Å². The zero-order valence-electron chi connectivity index (χ0n) is 10.8. The molecule has 2 N–H and O–H groups in total. The standard InChI is InChI=1S/C13H22N4/c1-10(14)7-8-17(2)13-11-5-3-4-6-12(11)15-9-16-13/h9-10H,3-8,14H2,1-2H3. The van der Waals surface area contributed by atoms with Crippen molar-refractivity contribution in [1.82, 2.24) is 9.97 Å². The lowest BCUT2D eigenvalue weighted by molar-refractivity contribution is 0.638. The summed E-state index contributed by atoms with van der Waals surface area (Å²) in [5.74, 6) is 1.11. The van der Waals surface area contributed by atoms with Crippen LogP contribution in [0, 0.1) is 0 Å². The topological polar surface area (TPSA) is 55.0 Å². The third-order valence-corrected chi connectivity index (χ3v) is 3.38. The number of nitrogens with two attached hydrogens (primary N) is 1. The van der Waals surface area contributed by atoms with Gasteiger partial charge >= 0.3 is 0 Å². The Morgan fingerprint density at radius 3 is 2.88 bits per heavy atom. The number of hydrogen-bond acceptors (Lipinski definition) is 4. The van der Waals surface area contributed by atoms with Crippen molar-refractivity contribution in [2.75, 3.05) is 18.5 Å². The Kier molecular flexibility index (Phi) is 3.94. The lowest BCUT2D eigenvalue weighted by Gasteiger charge is -2.25. The van der Waals surface area contributed by atoms with E-state index in [1.165, 1.54) is 24.1 Å². The van der Waals surface area contributed by atoms with Crippen molar-refractivity contribution in [3.63, 3.8) is 0 Å². The van der Waals surface area contributed by atoms with Crippen molar-refractivity contribution in [1.29, 1.82) is 0 Å². The molecule has 0 radical (unpaired) electrons. The Morgan fingerprint density at radius 1 is 1.35 bits per heavy atom. The lowest BCUT2D eigenvalue weighted by atomic mass is 9.96. The monoisotopic (exact) mass is 234 g/mol. The third-order valence-electron chi connectivity index (χ3n) is 3.38. The molecule has 1 atom stereocenters. The lowest BCUT2D eigenvalue weighted by Crippen LogP contribution is -2.28. The normalized spacial score (nSPS) is 16.4. The molecule has 0 bridgehead atoms. The fourth-order valence-corrected chi connectivity index (χ4v) is 2.34. The van der Waals surface area contributed by atoms with Crippen LogP contribution in [0.3, 0.4) is 0 Å². The second-order valence-corrected chi connectivity index (χ2v) is 5.02. The van der Waals surface area contributed by atoms with E-state index >= 15 is 0 Å². The fraction of sp³-hybridized carbons (Fsp3) is 0.692. The van der Waals surface area contributed by atoms with Crippen LogP contribution in [0.4, 0.5) is 5.82 Å². The van der Waals surface area contributed by atoms with Crippen molar-refractivity contribution in [2.45, 2.75) is 45.1 Å². The van der Waals surface area contributed by atoms with Crippen LogP contribution in [0.15, 0.2) is 6.33 Å². The molecule has 0 spiro atoms.